The Bertz CT molecular complexity index is 512. The minimum Gasteiger partial charge on any atom is -0.271 e. The van der Waals surface area contributed by atoms with Crippen LogP contribution in [0.1, 0.15) is 50.6 Å². The van der Waals surface area contributed by atoms with E-state index in [2.05, 4.69) is 34.5 Å². The summed E-state index contributed by atoms with van der Waals surface area (Å²) < 4.78 is 0. The van der Waals surface area contributed by atoms with E-state index in [-0.39, 0.29) is 6.04 Å². The van der Waals surface area contributed by atoms with E-state index in [9.17, 15) is 0 Å². The number of rotatable bonds is 7. The van der Waals surface area contributed by atoms with E-state index in [1.165, 1.54) is 31.2 Å². The largest absolute Gasteiger partial charge is 0.271 e. The first-order chi connectivity index (χ1) is 9.35. The Hall–Kier alpha value is -1.52. The lowest BCUT2D eigenvalue weighted by atomic mass is 10.00. The van der Waals surface area contributed by atoms with Gasteiger partial charge >= 0.3 is 0 Å². The van der Waals surface area contributed by atoms with Gasteiger partial charge < -0.3 is 0 Å². The molecule has 0 amide bonds. The lowest BCUT2D eigenvalue weighted by molar-refractivity contribution is 0.482. The third kappa shape index (κ3) is 3.72. The number of fused-ring (bicyclic) bond motifs is 1. The predicted molar refractivity (Wildman–Crippen MR) is 78.4 cm³/mol. The Morgan fingerprint density at radius 1 is 1.11 bits per heavy atom. The number of nitrogens with one attached hydrogen (secondary N) is 1. The van der Waals surface area contributed by atoms with Gasteiger partial charge in [0.1, 0.15) is 0 Å². The molecule has 0 aliphatic heterocycles. The van der Waals surface area contributed by atoms with E-state index in [1.807, 2.05) is 6.07 Å². The highest BCUT2D eigenvalue weighted by Crippen LogP contribution is 2.22. The standard InChI is InChI=1S/C15H22N4/c1-2-3-4-5-6-13(19-16)12-7-8-14-15(11-12)18-10-9-17-14/h7-11,13,19H,2-6,16H2,1H3. The number of nitrogens with zero attached hydrogens (tertiary/aromatic N) is 2. The monoisotopic (exact) mass is 258 g/mol. The van der Waals surface area contributed by atoms with Crippen molar-refractivity contribution < 1.29 is 0 Å². The molecule has 1 atom stereocenters. The van der Waals surface area contributed by atoms with Gasteiger partial charge in [-0.15, -0.1) is 0 Å². The summed E-state index contributed by atoms with van der Waals surface area (Å²) in [5.74, 6) is 5.68. The number of hydrogen-bond acceptors (Lipinski definition) is 4. The van der Waals surface area contributed by atoms with E-state index in [1.54, 1.807) is 12.4 Å². The van der Waals surface area contributed by atoms with Crippen molar-refractivity contribution >= 4 is 11.0 Å². The second kappa shape index (κ2) is 7.16. The number of hydrazine groups is 1. The lowest BCUT2D eigenvalue weighted by Crippen LogP contribution is -2.28. The summed E-state index contributed by atoms with van der Waals surface area (Å²) in [6.07, 6.45) is 9.50. The molecule has 0 radical (unpaired) electrons. The molecule has 0 fully saturated rings. The highest BCUT2D eigenvalue weighted by atomic mass is 15.2. The van der Waals surface area contributed by atoms with Crippen molar-refractivity contribution in [3.05, 3.63) is 36.2 Å². The van der Waals surface area contributed by atoms with Gasteiger partial charge in [0.05, 0.1) is 11.0 Å². The number of unbranched alkanes of at least 4 members (excludes halogenated alkanes) is 3. The van der Waals surface area contributed by atoms with E-state index in [4.69, 9.17) is 5.84 Å². The quantitative estimate of drug-likeness (QED) is 0.455. The highest BCUT2D eigenvalue weighted by Gasteiger charge is 2.10. The van der Waals surface area contributed by atoms with Crippen LogP contribution in [0.2, 0.25) is 0 Å². The lowest BCUT2D eigenvalue weighted by Gasteiger charge is -2.16. The molecule has 1 unspecified atom stereocenters. The zero-order valence-corrected chi connectivity index (χ0v) is 11.5. The maximum atomic E-state index is 5.68. The SMILES string of the molecule is CCCCCCC(NN)c1ccc2nccnc2c1. The van der Waals surface area contributed by atoms with Crippen molar-refractivity contribution in [2.75, 3.05) is 0 Å². The van der Waals surface area contributed by atoms with E-state index in [0.29, 0.717) is 0 Å². The van der Waals surface area contributed by atoms with Crippen LogP contribution < -0.4 is 11.3 Å². The molecule has 0 spiro atoms. The second-order valence-electron chi connectivity index (χ2n) is 4.87. The highest BCUT2D eigenvalue weighted by molar-refractivity contribution is 5.74. The molecule has 19 heavy (non-hydrogen) atoms. The van der Waals surface area contributed by atoms with Crippen LogP contribution in [0.25, 0.3) is 11.0 Å². The van der Waals surface area contributed by atoms with Gasteiger partial charge in [0.25, 0.3) is 0 Å². The van der Waals surface area contributed by atoms with Crippen LogP contribution in [0.3, 0.4) is 0 Å². The van der Waals surface area contributed by atoms with Gasteiger partial charge in [-0.1, -0.05) is 38.7 Å². The molecule has 2 aromatic rings. The van der Waals surface area contributed by atoms with Crippen LogP contribution in [-0.2, 0) is 0 Å². The van der Waals surface area contributed by atoms with E-state index >= 15 is 0 Å². The first-order valence-electron chi connectivity index (χ1n) is 7.02. The van der Waals surface area contributed by atoms with Crippen LogP contribution in [0, 0.1) is 0 Å². The molecule has 102 valence electrons. The molecule has 0 aliphatic carbocycles. The van der Waals surface area contributed by atoms with Gasteiger partial charge in [0.2, 0.25) is 0 Å². The summed E-state index contributed by atoms with van der Waals surface area (Å²) in [5, 5.41) is 0. The minimum absolute atomic E-state index is 0.197. The van der Waals surface area contributed by atoms with Gasteiger partial charge in [0.15, 0.2) is 0 Å². The van der Waals surface area contributed by atoms with Crippen molar-refractivity contribution in [1.82, 2.24) is 15.4 Å². The number of benzene rings is 1. The molecule has 1 heterocycles. The molecule has 2 rings (SSSR count). The molecule has 1 aromatic carbocycles. The van der Waals surface area contributed by atoms with Gasteiger partial charge in [0, 0.05) is 18.4 Å². The average Bonchev–Trinajstić information content (AvgIpc) is 2.47. The molecule has 3 N–H and O–H groups in total. The summed E-state index contributed by atoms with van der Waals surface area (Å²) in [6.45, 7) is 2.22. The number of aromatic nitrogens is 2. The van der Waals surface area contributed by atoms with Crippen LogP contribution in [0.5, 0.6) is 0 Å². The fourth-order valence-electron chi connectivity index (χ4n) is 2.32. The van der Waals surface area contributed by atoms with Gasteiger partial charge in [-0.25, -0.2) is 0 Å². The van der Waals surface area contributed by atoms with Crippen molar-refractivity contribution in [3.8, 4) is 0 Å². The van der Waals surface area contributed by atoms with Crippen molar-refractivity contribution in [2.45, 2.75) is 45.1 Å². The maximum absolute atomic E-state index is 5.68. The van der Waals surface area contributed by atoms with E-state index < -0.39 is 0 Å². The van der Waals surface area contributed by atoms with Crippen LogP contribution >= 0.6 is 0 Å². The maximum Gasteiger partial charge on any atom is 0.0890 e. The smallest absolute Gasteiger partial charge is 0.0890 e. The third-order valence-corrected chi connectivity index (χ3v) is 3.44. The normalized spacial score (nSPS) is 12.7. The Labute approximate surface area is 114 Å². The molecule has 4 heteroatoms. The zero-order valence-electron chi connectivity index (χ0n) is 11.5. The molecule has 0 saturated heterocycles. The van der Waals surface area contributed by atoms with Crippen LogP contribution in [0.15, 0.2) is 30.6 Å². The van der Waals surface area contributed by atoms with Gasteiger partial charge in [-0.05, 0) is 24.1 Å². The summed E-state index contributed by atoms with van der Waals surface area (Å²) >= 11 is 0. The summed E-state index contributed by atoms with van der Waals surface area (Å²) in [6, 6.07) is 6.37. The number of nitrogens with two attached hydrogens (primary N) is 1. The molecule has 4 nitrogen and oxygen atoms in total. The zero-order chi connectivity index (χ0) is 13.5. The van der Waals surface area contributed by atoms with E-state index in [0.717, 1.165) is 17.5 Å². The molecular formula is C15H22N4. The van der Waals surface area contributed by atoms with Crippen LogP contribution in [0.4, 0.5) is 0 Å². The molecule has 0 saturated carbocycles. The topological polar surface area (TPSA) is 63.8 Å². The molecular weight excluding hydrogens is 236 g/mol. The van der Waals surface area contributed by atoms with Crippen molar-refractivity contribution in [1.29, 1.82) is 0 Å². The Balaban J connectivity index is 2.07. The van der Waals surface area contributed by atoms with Gasteiger partial charge in [-0.3, -0.25) is 21.2 Å². The summed E-state index contributed by atoms with van der Waals surface area (Å²) in [7, 11) is 0. The number of hydrogen-bond donors (Lipinski definition) is 2. The molecule has 0 aliphatic rings. The Morgan fingerprint density at radius 3 is 2.63 bits per heavy atom. The fourth-order valence-corrected chi connectivity index (χ4v) is 2.32. The van der Waals surface area contributed by atoms with Crippen molar-refractivity contribution in [3.63, 3.8) is 0 Å². The first kappa shape index (κ1) is 13.9. The minimum atomic E-state index is 0.197. The summed E-state index contributed by atoms with van der Waals surface area (Å²) in [5.41, 5.74) is 5.95. The van der Waals surface area contributed by atoms with Gasteiger partial charge in [-0.2, -0.15) is 0 Å². The van der Waals surface area contributed by atoms with Crippen LogP contribution in [-0.4, -0.2) is 9.97 Å². The first-order valence-corrected chi connectivity index (χ1v) is 7.02. The average molecular weight is 258 g/mol. The molecule has 1 aromatic heterocycles. The second-order valence-corrected chi connectivity index (χ2v) is 4.87. The predicted octanol–water partition coefficient (Wildman–Crippen LogP) is 3.10. The molecule has 0 bridgehead atoms. The Kier molecular flexibility index (Phi) is 5.24. The third-order valence-electron chi connectivity index (χ3n) is 3.44. The van der Waals surface area contributed by atoms with Crippen molar-refractivity contribution in [2.24, 2.45) is 5.84 Å². The fraction of sp³-hybridized carbons (Fsp3) is 0.467. The Morgan fingerprint density at radius 2 is 1.89 bits per heavy atom. The summed E-state index contributed by atoms with van der Waals surface area (Å²) in [4.78, 5) is 8.62.